The lowest BCUT2D eigenvalue weighted by molar-refractivity contribution is 0.785. The predicted octanol–water partition coefficient (Wildman–Crippen LogP) is 3.00. The topological polar surface area (TPSA) is 16.1 Å². The Morgan fingerprint density at radius 2 is 2.21 bits per heavy atom. The summed E-state index contributed by atoms with van der Waals surface area (Å²) >= 11 is 3.44. The molecule has 0 radical (unpaired) electrons. The Labute approximate surface area is 94.5 Å². The number of hydrogen-bond acceptors (Lipinski definition) is 2. The van der Waals surface area contributed by atoms with Crippen LogP contribution in [0.2, 0.25) is 0 Å². The smallest absolute Gasteiger partial charge is 0.128 e. The summed E-state index contributed by atoms with van der Waals surface area (Å²) in [7, 11) is 0. The van der Waals surface area contributed by atoms with Crippen LogP contribution >= 0.6 is 15.9 Å². The van der Waals surface area contributed by atoms with Crippen LogP contribution in [-0.2, 0) is 0 Å². The maximum absolute atomic E-state index is 4.41. The Kier molecular flexibility index (Phi) is 4.94. The van der Waals surface area contributed by atoms with Crippen LogP contribution in [-0.4, -0.2) is 23.4 Å². The highest BCUT2D eigenvalue weighted by molar-refractivity contribution is 9.09. The van der Waals surface area contributed by atoms with Crippen molar-refractivity contribution in [1.29, 1.82) is 0 Å². The van der Waals surface area contributed by atoms with Crippen molar-refractivity contribution >= 4 is 21.7 Å². The molecule has 0 atom stereocenters. The van der Waals surface area contributed by atoms with Gasteiger partial charge in [-0.15, -0.1) is 0 Å². The van der Waals surface area contributed by atoms with Crippen LogP contribution in [0.15, 0.2) is 18.3 Å². The molecule has 1 aromatic heterocycles. The molecule has 0 aromatic carbocycles. The Balaban J connectivity index is 2.64. The van der Waals surface area contributed by atoms with E-state index >= 15 is 0 Å². The van der Waals surface area contributed by atoms with Gasteiger partial charge in [-0.05, 0) is 31.9 Å². The minimum Gasteiger partial charge on any atom is -0.357 e. The van der Waals surface area contributed by atoms with Crippen LogP contribution in [0.3, 0.4) is 0 Å². The second-order valence-electron chi connectivity index (χ2n) is 3.32. The number of aromatic nitrogens is 1. The largest absolute Gasteiger partial charge is 0.357 e. The summed E-state index contributed by atoms with van der Waals surface area (Å²) in [6.07, 6.45) is 3.08. The number of anilines is 1. The number of alkyl halides is 1. The molecule has 1 aromatic rings. The molecule has 0 saturated carbocycles. The van der Waals surface area contributed by atoms with Crippen molar-refractivity contribution in [2.75, 3.05) is 23.3 Å². The molecule has 1 heterocycles. The van der Waals surface area contributed by atoms with E-state index < -0.39 is 0 Å². The first-order valence-electron chi connectivity index (χ1n) is 5.01. The van der Waals surface area contributed by atoms with E-state index in [9.17, 15) is 0 Å². The SMILES string of the molecule is CCN(CCCBr)c1ccc(C)cn1. The number of aryl methyl sites for hydroxylation is 1. The van der Waals surface area contributed by atoms with Crippen LogP contribution in [0, 0.1) is 6.92 Å². The molecule has 0 amide bonds. The van der Waals surface area contributed by atoms with Gasteiger partial charge in [-0.1, -0.05) is 22.0 Å². The van der Waals surface area contributed by atoms with E-state index in [0.717, 1.165) is 30.7 Å². The van der Waals surface area contributed by atoms with Gasteiger partial charge in [-0.3, -0.25) is 0 Å². The van der Waals surface area contributed by atoms with E-state index in [1.807, 2.05) is 6.20 Å². The summed E-state index contributed by atoms with van der Waals surface area (Å²) < 4.78 is 0. The Hall–Kier alpha value is -0.570. The fourth-order valence-corrected chi connectivity index (χ4v) is 1.58. The maximum atomic E-state index is 4.41. The molecular formula is C11H17BrN2. The Bertz CT molecular complexity index is 258. The first-order chi connectivity index (χ1) is 6.77. The minimum atomic E-state index is 1.02. The molecule has 0 bridgehead atoms. The molecular weight excluding hydrogens is 240 g/mol. The lowest BCUT2D eigenvalue weighted by Gasteiger charge is -2.21. The average molecular weight is 257 g/mol. The van der Waals surface area contributed by atoms with Crippen LogP contribution in [0.4, 0.5) is 5.82 Å². The van der Waals surface area contributed by atoms with Gasteiger partial charge >= 0.3 is 0 Å². The van der Waals surface area contributed by atoms with E-state index in [0.29, 0.717) is 0 Å². The summed E-state index contributed by atoms with van der Waals surface area (Å²) in [5.41, 5.74) is 1.21. The first-order valence-corrected chi connectivity index (χ1v) is 6.13. The fraction of sp³-hybridized carbons (Fsp3) is 0.545. The molecule has 0 aliphatic carbocycles. The molecule has 2 nitrogen and oxygen atoms in total. The van der Waals surface area contributed by atoms with Crippen molar-refractivity contribution in [2.24, 2.45) is 0 Å². The summed E-state index contributed by atoms with van der Waals surface area (Å²) in [5.74, 6) is 1.08. The molecule has 1 rings (SSSR count). The Morgan fingerprint density at radius 3 is 2.71 bits per heavy atom. The number of hydrogen-bond donors (Lipinski definition) is 0. The summed E-state index contributed by atoms with van der Waals surface area (Å²) in [6.45, 7) is 6.31. The molecule has 0 spiro atoms. The molecule has 0 aliphatic heterocycles. The Morgan fingerprint density at radius 1 is 1.43 bits per heavy atom. The van der Waals surface area contributed by atoms with Gasteiger partial charge in [0.25, 0.3) is 0 Å². The minimum absolute atomic E-state index is 1.02. The highest BCUT2D eigenvalue weighted by Gasteiger charge is 2.03. The van der Waals surface area contributed by atoms with Crippen molar-refractivity contribution < 1.29 is 0 Å². The average Bonchev–Trinajstić information content (AvgIpc) is 2.21. The van der Waals surface area contributed by atoms with Crippen molar-refractivity contribution in [3.05, 3.63) is 23.9 Å². The maximum Gasteiger partial charge on any atom is 0.128 e. The molecule has 0 N–H and O–H groups in total. The predicted molar refractivity (Wildman–Crippen MR) is 65.3 cm³/mol. The van der Waals surface area contributed by atoms with E-state index in [2.05, 4.69) is 51.8 Å². The molecule has 0 unspecified atom stereocenters. The zero-order chi connectivity index (χ0) is 10.4. The summed E-state index contributed by atoms with van der Waals surface area (Å²) in [6, 6.07) is 4.20. The van der Waals surface area contributed by atoms with Crippen LogP contribution in [0.5, 0.6) is 0 Å². The van der Waals surface area contributed by atoms with E-state index in [-0.39, 0.29) is 0 Å². The molecule has 0 saturated heterocycles. The molecule has 0 aliphatic rings. The lowest BCUT2D eigenvalue weighted by Crippen LogP contribution is -2.25. The summed E-state index contributed by atoms with van der Waals surface area (Å²) in [4.78, 5) is 6.71. The monoisotopic (exact) mass is 256 g/mol. The van der Waals surface area contributed by atoms with Crippen LogP contribution in [0.1, 0.15) is 18.9 Å². The molecule has 3 heteroatoms. The third kappa shape index (κ3) is 3.29. The van der Waals surface area contributed by atoms with E-state index in [1.165, 1.54) is 5.56 Å². The second kappa shape index (κ2) is 6.02. The zero-order valence-corrected chi connectivity index (χ0v) is 10.4. The number of rotatable bonds is 5. The van der Waals surface area contributed by atoms with Gasteiger partial charge in [0.15, 0.2) is 0 Å². The summed E-state index contributed by atoms with van der Waals surface area (Å²) in [5, 5.41) is 1.05. The third-order valence-corrected chi connectivity index (χ3v) is 2.72. The molecule has 14 heavy (non-hydrogen) atoms. The van der Waals surface area contributed by atoms with Crippen molar-refractivity contribution in [3.8, 4) is 0 Å². The first kappa shape index (κ1) is 11.5. The number of nitrogens with zero attached hydrogens (tertiary/aromatic N) is 2. The van der Waals surface area contributed by atoms with Gasteiger partial charge in [0.1, 0.15) is 5.82 Å². The highest BCUT2D eigenvalue weighted by atomic mass is 79.9. The van der Waals surface area contributed by atoms with Crippen LogP contribution in [0.25, 0.3) is 0 Å². The quantitative estimate of drug-likeness (QED) is 0.754. The van der Waals surface area contributed by atoms with Crippen LogP contribution < -0.4 is 4.90 Å². The fourth-order valence-electron chi connectivity index (χ4n) is 1.33. The van der Waals surface area contributed by atoms with E-state index in [4.69, 9.17) is 0 Å². The standard InChI is InChI=1S/C11H17BrN2/c1-3-14(8-4-7-12)11-6-5-10(2)9-13-11/h5-6,9H,3-4,7-8H2,1-2H3. The van der Waals surface area contributed by atoms with Gasteiger partial charge < -0.3 is 4.90 Å². The number of halogens is 1. The third-order valence-electron chi connectivity index (χ3n) is 2.16. The highest BCUT2D eigenvalue weighted by Crippen LogP contribution is 2.11. The van der Waals surface area contributed by atoms with Crippen molar-refractivity contribution in [2.45, 2.75) is 20.3 Å². The van der Waals surface area contributed by atoms with E-state index in [1.54, 1.807) is 0 Å². The van der Waals surface area contributed by atoms with Gasteiger partial charge in [-0.25, -0.2) is 4.98 Å². The van der Waals surface area contributed by atoms with Gasteiger partial charge in [-0.2, -0.15) is 0 Å². The van der Waals surface area contributed by atoms with Gasteiger partial charge in [0, 0.05) is 24.6 Å². The lowest BCUT2D eigenvalue weighted by atomic mass is 10.3. The normalized spacial score (nSPS) is 10.2. The number of pyridine rings is 1. The van der Waals surface area contributed by atoms with Crippen molar-refractivity contribution in [3.63, 3.8) is 0 Å². The molecule has 0 fully saturated rings. The zero-order valence-electron chi connectivity index (χ0n) is 8.83. The van der Waals surface area contributed by atoms with Crippen molar-refractivity contribution in [1.82, 2.24) is 4.98 Å². The molecule has 78 valence electrons. The second-order valence-corrected chi connectivity index (χ2v) is 4.11. The van der Waals surface area contributed by atoms with Gasteiger partial charge in [0.2, 0.25) is 0 Å². The van der Waals surface area contributed by atoms with Gasteiger partial charge in [0.05, 0.1) is 0 Å².